The van der Waals surface area contributed by atoms with E-state index in [-0.39, 0.29) is 0 Å². The summed E-state index contributed by atoms with van der Waals surface area (Å²) in [5.41, 5.74) is 0. The summed E-state index contributed by atoms with van der Waals surface area (Å²) in [7, 11) is 11.0. The molecule has 0 nitrogen and oxygen atoms in total. The molecule has 0 aliphatic carbocycles. The van der Waals surface area contributed by atoms with Crippen molar-refractivity contribution in [1.29, 1.82) is 0 Å². The molecule has 0 saturated carbocycles. The third-order valence-electron chi connectivity index (χ3n) is 0. The Balaban J connectivity index is 0. The predicted molar refractivity (Wildman–Crippen MR) is 58.4 cm³/mol. The summed E-state index contributed by atoms with van der Waals surface area (Å²) in [6.07, 6.45) is 0. The fourth-order valence-corrected chi connectivity index (χ4v) is 0. The van der Waals surface area contributed by atoms with E-state index in [1.165, 1.54) is 0 Å². The molecular formula is C4H12Cl4GeSi. The van der Waals surface area contributed by atoms with Crippen LogP contribution in [-0.4, -0.2) is 18.1 Å². The molecule has 0 aromatic carbocycles. The van der Waals surface area contributed by atoms with E-state index in [0.717, 1.165) is 0 Å². The second-order valence-corrected chi connectivity index (χ2v) is 28.0. The van der Waals surface area contributed by atoms with Crippen LogP contribution < -0.4 is 0 Å². The van der Waals surface area contributed by atoms with Gasteiger partial charge in [0.05, 0.1) is 0 Å². The second kappa shape index (κ2) is 5.55. The Labute approximate surface area is 84.3 Å². The fourth-order valence-electron chi connectivity index (χ4n) is 0. The molecule has 0 radical (unpaired) electrons. The maximum absolute atomic E-state index is 5.48. The maximum atomic E-state index is 5.48. The van der Waals surface area contributed by atoms with Gasteiger partial charge in [-0.15, -0.1) is 22.2 Å². The van der Waals surface area contributed by atoms with E-state index in [4.69, 9.17) is 42.2 Å². The normalized spacial score (nSPS) is 12.0. The minimum atomic E-state index is -2.06. The van der Waals surface area contributed by atoms with Crippen molar-refractivity contribution >= 4 is 60.3 Å². The Kier molecular flexibility index (Phi) is 8.01. The Bertz CT molecular complexity index is 60.2. The van der Waals surface area contributed by atoms with E-state index >= 15 is 0 Å². The summed E-state index contributed by atoms with van der Waals surface area (Å²) in [4.78, 5) is 0. The molecular weight excluding hydrogens is 291 g/mol. The Morgan fingerprint density at radius 1 is 1.00 bits per heavy atom. The molecule has 0 rings (SSSR count). The van der Waals surface area contributed by atoms with Crippen LogP contribution in [-0.2, 0) is 0 Å². The van der Waals surface area contributed by atoms with Gasteiger partial charge in [0.15, 0.2) is 0 Å². The average Bonchev–Trinajstić information content (AvgIpc) is 1.12. The van der Waals surface area contributed by atoms with Crippen molar-refractivity contribution in [2.75, 3.05) is 0 Å². The molecule has 64 valence electrons. The van der Waals surface area contributed by atoms with Crippen LogP contribution in [0, 0.1) is 0 Å². The summed E-state index contributed by atoms with van der Waals surface area (Å²) in [5, 5.41) is 0. The van der Waals surface area contributed by atoms with Crippen LogP contribution in [0.2, 0.25) is 24.6 Å². The Hall–Kier alpha value is 1.92. The van der Waals surface area contributed by atoms with E-state index in [1.54, 1.807) is 0 Å². The Morgan fingerprint density at radius 3 is 1.00 bits per heavy atom. The van der Waals surface area contributed by atoms with E-state index in [0.29, 0.717) is 0 Å². The monoisotopic (exact) mass is 302 g/mol. The van der Waals surface area contributed by atoms with Crippen molar-refractivity contribution in [3.8, 4) is 0 Å². The quantitative estimate of drug-likeness (QED) is 0.461. The molecule has 6 heteroatoms. The number of halogens is 4. The molecule has 0 spiro atoms. The molecule has 0 heterocycles. The molecule has 0 aliphatic heterocycles. The van der Waals surface area contributed by atoms with Crippen molar-refractivity contribution in [1.82, 2.24) is 0 Å². The van der Waals surface area contributed by atoms with Gasteiger partial charge in [-0.3, -0.25) is 0 Å². The standard InChI is InChI=1S/C2H6Cl2Ge.C2H6Cl2Si/c2*1-5(2,3)4/h2*1-2H3. The molecule has 0 aromatic rings. The molecule has 0 bridgehead atoms. The zero-order chi connectivity index (χ0) is 9.00. The van der Waals surface area contributed by atoms with Crippen molar-refractivity contribution in [3.05, 3.63) is 0 Å². The van der Waals surface area contributed by atoms with Gasteiger partial charge in [0.1, 0.15) is 0 Å². The van der Waals surface area contributed by atoms with E-state index in [1.807, 2.05) is 24.6 Å². The van der Waals surface area contributed by atoms with Crippen LogP contribution in [0.1, 0.15) is 0 Å². The zero-order valence-electron chi connectivity index (χ0n) is 6.51. The first kappa shape index (κ1) is 14.4. The van der Waals surface area contributed by atoms with Gasteiger partial charge in [0, 0.05) is 0 Å². The average molecular weight is 303 g/mol. The van der Waals surface area contributed by atoms with Gasteiger partial charge >= 0.3 is 42.9 Å². The van der Waals surface area contributed by atoms with Crippen LogP contribution in [0.3, 0.4) is 0 Å². The van der Waals surface area contributed by atoms with Crippen LogP contribution in [0.25, 0.3) is 0 Å². The molecule has 0 unspecified atom stereocenters. The van der Waals surface area contributed by atoms with Crippen molar-refractivity contribution in [3.63, 3.8) is 0 Å². The molecule has 0 saturated heterocycles. The minimum absolute atomic E-state index is 1.67. The molecule has 0 fully saturated rings. The first-order valence-corrected chi connectivity index (χ1v) is 17.5. The molecule has 10 heavy (non-hydrogen) atoms. The van der Waals surface area contributed by atoms with E-state index in [2.05, 4.69) is 0 Å². The van der Waals surface area contributed by atoms with Gasteiger partial charge in [-0.05, 0) is 13.1 Å². The van der Waals surface area contributed by atoms with E-state index < -0.39 is 18.1 Å². The predicted octanol–water partition coefficient (Wildman–Crippen LogP) is 4.33. The van der Waals surface area contributed by atoms with Gasteiger partial charge in [-0.2, -0.15) is 0 Å². The van der Waals surface area contributed by atoms with Crippen molar-refractivity contribution in [2.45, 2.75) is 24.6 Å². The third kappa shape index (κ3) is 214. The first-order chi connectivity index (χ1) is 4.00. The topological polar surface area (TPSA) is 0 Å². The van der Waals surface area contributed by atoms with Crippen LogP contribution in [0.5, 0.6) is 0 Å². The Morgan fingerprint density at radius 2 is 1.00 bits per heavy atom. The summed E-state index contributed by atoms with van der Waals surface area (Å²) in [6.45, 7) is 2.05. The van der Waals surface area contributed by atoms with Gasteiger partial charge in [-0.25, -0.2) is 0 Å². The van der Waals surface area contributed by atoms with Crippen LogP contribution >= 0.6 is 42.2 Å². The molecule has 0 aliphatic rings. The van der Waals surface area contributed by atoms with E-state index in [9.17, 15) is 0 Å². The first-order valence-electron chi connectivity index (χ1n) is 2.76. The summed E-state index contributed by atoms with van der Waals surface area (Å²) in [6, 6.07) is 0. The second-order valence-electron chi connectivity index (χ2n) is 2.65. The summed E-state index contributed by atoms with van der Waals surface area (Å²) >= 11 is 8.81. The van der Waals surface area contributed by atoms with Crippen LogP contribution in [0.4, 0.5) is 0 Å². The molecule has 0 amide bonds. The fraction of sp³-hybridized carbons (Fsp3) is 1.00. The SMILES string of the molecule is C[Si](C)(Cl)Cl.[CH3][Ge]([CH3])([Cl])[Cl]. The number of rotatable bonds is 0. The van der Waals surface area contributed by atoms with Gasteiger partial charge < -0.3 is 0 Å². The van der Waals surface area contributed by atoms with Crippen LogP contribution in [0.15, 0.2) is 0 Å². The third-order valence-corrected chi connectivity index (χ3v) is 0. The number of hydrogen-bond acceptors (Lipinski definition) is 0. The van der Waals surface area contributed by atoms with Crippen molar-refractivity contribution < 1.29 is 0 Å². The summed E-state index contributed by atoms with van der Waals surface area (Å²) < 4.78 is 0. The van der Waals surface area contributed by atoms with Gasteiger partial charge in [-0.1, -0.05) is 0 Å². The van der Waals surface area contributed by atoms with Gasteiger partial charge in [0.2, 0.25) is 6.69 Å². The molecule has 0 aromatic heterocycles. The summed E-state index contributed by atoms with van der Waals surface area (Å²) in [5.74, 6) is 3.81. The van der Waals surface area contributed by atoms with Crippen molar-refractivity contribution in [2.24, 2.45) is 0 Å². The molecule has 0 N–H and O–H groups in total. The number of hydrogen-bond donors (Lipinski definition) is 0. The zero-order valence-corrected chi connectivity index (χ0v) is 12.6. The molecule has 0 atom stereocenters. The van der Waals surface area contributed by atoms with Gasteiger partial charge in [0.25, 0.3) is 0 Å².